The summed E-state index contributed by atoms with van der Waals surface area (Å²) in [6, 6.07) is 0. The molecule has 3 aliphatic heterocycles. The number of piperidine rings is 1. The van der Waals surface area contributed by atoms with E-state index in [1.807, 2.05) is 7.05 Å². The molecular weight excluding hydrogens is 338 g/mol. The molecule has 27 heavy (non-hydrogen) atoms. The normalized spacial score (nSPS) is 25.5. The number of rotatable bonds is 6. The van der Waals surface area contributed by atoms with Crippen molar-refractivity contribution in [3.8, 4) is 0 Å². The van der Waals surface area contributed by atoms with Crippen molar-refractivity contribution < 1.29 is 4.74 Å². The second-order valence-corrected chi connectivity index (χ2v) is 9.17. The lowest BCUT2D eigenvalue weighted by Gasteiger charge is -2.45. The highest BCUT2D eigenvalue weighted by Crippen LogP contribution is 2.30. The van der Waals surface area contributed by atoms with E-state index in [-0.39, 0.29) is 11.1 Å². The Morgan fingerprint density at radius 3 is 2.22 bits per heavy atom. The fraction of sp³-hybridized carbons (Fsp3) is 0.952. The van der Waals surface area contributed by atoms with E-state index in [4.69, 9.17) is 4.74 Å². The molecule has 0 aromatic carbocycles. The van der Waals surface area contributed by atoms with Crippen molar-refractivity contribution in [2.75, 3.05) is 59.5 Å². The number of aliphatic imine (C=N–C) groups is 1. The van der Waals surface area contributed by atoms with E-state index in [9.17, 15) is 0 Å². The lowest BCUT2D eigenvalue weighted by atomic mass is 9.88. The van der Waals surface area contributed by atoms with Crippen LogP contribution in [0, 0.1) is 0 Å². The van der Waals surface area contributed by atoms with Crippen LogP contribution in [0.5, 0.6) is 0 Å². The zero-order valence-electron chi connectivity index (χ0n) is 17.9. The molecule has 0 aromatic rings. The van der Waals surface area contributed by atoms with Gasteiger partial charge >= 0.3 is 0 Å². The molecule has 0 saturated carbocycles. The van der Waals surface area contributed by atoms with Crippen molar-refractivity contribution in [1.29, 1.82) is 0 Å². The number of hydrogen-bond donors (Lipinski definition) is 2. The SMILES string of the molecule is CN=C(NCC(C)(C)N1CCCCC1)NCC1(N2CCCC2)CCOCC1. The van der Waals surface area contributed by atoms with Gasteiger partial charge < -0.3 is 15.4 Å². The molecule has 0 atom stereocenters. The second kappa shape index (κ2) is 9.57. The largest absolute Gasteiger partial charge is 0.381 e. The number of guanidine groups is 1. The number of ether oxygens (including phenoxy) is 1. The van der Waals surface area contributed by atoms with Crippen LogP contribution in [0.3, 0.4) is 0 Å². The van der Waals surface area contributed by atoms with Gasteiger partial charge in [-0.05, 0) is 78.6 Å². The van der Waals surface area contributed by atoms with Gasteiger partial charge in [-0.2, -0.15) is 0 Å². The van der Waals surface area contributed by atoms with Gasteiger partial charge in [0, 0.05) is 44.4 Å². The Morgan fingerprint density at radius 2 is 1.59 bits per heavy atom. The molecule has 0 bridgehead atoms. The first kappa shape index (κ1) is 20.9. The quantitative estimate of drug-likeness (QED) is 0.547. The van der Waals surface area contributed by atoms with Crippen molar-refractivity contribution in [3.63, 3.8) is 0 Å². The van der Waals surface area contributed by atoms with E-state index in [0.29, 0.717) is 0 Å². The molecule has 6 nitrogen and oxygen atoms in total. The summed E-state index contributed by atoms with van der Waals surface area (Å²) in [6.07, 6.45) is 8.95. The Hall–Kier alpha value is -0.850. The van der Waals surface area contributed by atoms with Crippen molar-refractivity contribution in [2.24, 2.45) is 4.99 Å². The number of nitrogens with zero attached hydrogens (tertiary/aromatic N) is 3. The van der Waals surface area contributed by atoms with Crippen LogP contribution in [-0.2, 0) is 4.74 Å². The van der Waals surface area contributed by atoms with Crippen LogP contribution < -0.4 is 10.6 Å². The fourth-order valence-electron chi connectivity index (χ4n) is 4.93. The molecule has 0 radical (unpaired) electrons. The molecule has 0 aliphatic carbocycles. The third-order valence-electron chi connectivity index (χ3n) is 6.91. The monoisotopic (exact) mass is 379 g/mol. The summed E-state index contributed by atoms with van der Waals surface area (Å²) in [6.45, 7) is 13.2. The Morgan fingerprint density at radius 1 is 0.963 bits per heavy atom. The first-order valence-electron chi connectivity index (χ1n) is 11.1. The Labute approximate surface area is 166 Å². The van der Waals surface area contributed by atoms with Crippen LogP contribution >= 0.6 is 0 Å². The van der Waals surface area contributed by atoms with Crippen LogP contribution in [0.2, 0.25) is 0 Å². The van der Waals surface area contributed by atoms with Crippen LogP contribution in [0.1, 0.15) is 58.8 Å². The molecule has 3 fully saturated rings. The van der Waals surface area contributed by atoms with Crippen LogP contribution in [0.15, 0.2) is 4.99 Å². The van der Waals surface area contributed by atoms with E-state index in [0.717, 1.165) is 45.1 Å². The predicted molar refractivity (Wildman–Crippen MR) is 112 cm³/mol. The van der Waals surface area contributed by atoms with Gasteiger partial charge in [-0.25, -0.2) is 0 Å². The summed E-state index contributed by atoms with van der Waals surface area (Å²) in [5.74, 6) is 0.935. The standard InChI is InChI=1S/C21H41N5O/c1-20(2,25-11-5-4-6-12-25)17-23-19(22-3)24-18-21(9-15-27-16-10-21)26-13-7-8-14-26/h4-18H2,1-3H3,(H2,22,23,24). The van der Waals surface area contributed by atoms with Crippen LogP contribution in [-0.4, -0.2) is 86.4 Å². The van der Waals surface area contributed by atoms with Crippen molar-refractivity contribution >= 4 is 5.96 Å². The molecule has 0 spiro atoms. The average Bonchev–Trinajstić information content (AvgIpc) is 3.25. The molecule has 3 rings (SSSR count). The van der Waals surface area contributed by atoms with E-state index < -0.39 is 0 Å². The maximum atomic E-state index is 5.67. The summed E-state index contributed by atoms with van der Waals surface area (Å²) < 4.78 is 5.67. The minimum Gasteiger partial charge on any atom is -0.381 e. The molecule has 3 saturated heterocycles. The van der Waals surface area contributed by atoms with Gasteiger partial charge in [-0.15, -0.1) is 0 Å². The first-order chi connectivity index (χ1) is 13.1. The Kier molecular flexibility index (Phi) is 7.40. The van der Waals surface area contributed by atoms with Crippen molar-refractivity contribution in [3.05, 3.63) is 0 Å². The summed E-state index contributed by atoms with van der Waals surface area (Å²) in [5, 5.41) is 7.26. The van der Waals surface area contributed by atoms with Gasteiger partial charge in [0.05, 0.1) is 0 Å². The minimum atomic E-state index is 0.156. The molecule has 156 valence electrons. The number of nitrogens with one attached hydrogen (secondary N) is 2. The lowest BCUT2D eigenvalue weighted by Crippen LogP contribution is -2.60. The predicted octanol–water partition coefficient (Wildman–Crippen LogP) is 2.06. The van der Waals surface area contributed by atoms with Gasteiger partial charge in [-0.3, -0.25) is 14.8 Å². The van der Waals surface area contributed by atoms with Crippen LogP contribution in [0.4, 0.5) is 0 Å². The first-order valence-corrected chi connectivity index (χ1v) is 11.1. The van der Waals surface area contributed by atoms with Gasteiger partial charge in [0.15, 0.2) is 5.96 Å². The maximum Gasteiger partial charge on any atom is 0.191 e. The molecule has 0 unspecified atom stereocenters. The van der Waals surface area contributed by atoms with Gasteiger partial charge in [-0.1, -0.05) is 6.42 Å². The van der Waals surface area contributed by atoms with Gasteiger partial charge in [0.25, 0.3) is 0 Å². The number of likely N-dealkylation sites (tertiary alicyclic amines) is 2. The molecular formula is C21H41N5O. The minimum absolute atomic E-state index is 0.156. The fourth-order valence-corrected chi connectivity index (χ4v) is 4.93. The summed E-state index contributed by atoms with van der Waals surface area (Å²) in [7, 11) is 1.88. The molecule has 2 N–H and O–H groups in total. The van der Waals surface area contributed by atoms with E-state index >= 15 is 0 Å². The highest BCUT2D eigenvalue weighted by Gasteiger charge is 2.39. The van der Waals surface area contributed by atoms with Crippen molar-refractivity contribution in [2.45, 2.75) is 69.9 Å². The van der Waals surface area contributed by atoms with E-state index in [1.165, 1.54) is 58.3 Å². The molecule has 0 aromatic heterocycles. The summed E-state index contributed by atoms with van der Waals surface area (Å²) in [5.41, 5.74) is 0.387. The summed E-state index contributed by atoms with van der Waals surface area (Å²) >= 11 is 0. The third-order valence-corrected chi connectivity index (χ3v) is 6.91. The highest BCUT2D eigenvalue weighted by atomic mass is 16.5. The second-order valence-electron chi connectivity index (χ2n) is 9.17. The maximum absolute atomic E-state index is 5.67. The molecule has 0 amide bonds. The highest BCUT2D eigenvalue weighted by molar-refractivity contribution is 5.79. The lowest BCUT2D eigenvalue weighted by molar-refractivity contribution is -0.0164. The third kappa shape index (κ3) is 5.36. The van der Waals surface area contributed by atoms with E-state index in [1.54, 1.807) is 0 Å². The van der Waals surface area contributed by atoms with E-state index in [2.05, 4.69) is 39.3 Å². The Bertz CT molecular complexity index is 475. The van der Waals surface area contributed by atoms with Crippen molar-refractivity contribution in [1.82, 2.24) is 20.4 Å². The molecule has 3 aliphatic rings. The van der Waals surface area contributed by atoms with Gasteiger partial charge in [0.1, 0.15) is 0 Å². The Balaban J connectivity index is 1.52. The topological polar surface area (TPSA) is 52.1 Å². The van der Waals surface area contributed by atoms with Crippen LogP contribution in [0.25, 0.3) is 0 Å². The zero-order chi connectivity index (χ0) is 19.2. The number of hydrogen-bond acceptors (Lipinski definition) is 4. The zero-order valence-corrected chi connectivity index (χ0v) is 17.9. The average molecular weight is 380 g/mol. The molecule has 3 heterocycles. The van der Waals surface area contributed by atoms with Gasteiger partial charge in [0.2, 0.25) is 0 Å². The smallest absolute Gasteiger partial charge is 0.191 e. The molecule has 6 heteroatoms. The summed E-state index contributed by atoms with van der Waals surface area (Å²) in [4.78, 5) is 9.83.